The number of halogens is 1. The Balaban J connectivity index is 2.05. The fourth-order valence-corrected chi connectivity index (χ4v) is 3.15. The molecule has 1 aromatic rings. The van der Waals surface area contributed by atoms with Crippen molar-refractivity contribution in [1.82, 2.24) is 9.59 Å². The quantitative estimate of drug-likeness (QED) is 0.744. The Morgan fingerprint density at radius 3 is 3.07 bits per heavy atom. The Bertz CT molecular complexity index is 310. The maximum atomic E-state index is 6.25. The predicted octanol–water partition coefficient (Wildman–Crippen LogP) is 3.51. The summed E-state index contributed by atoms with van der Waals surface area (Å²) in [5.41, 5.74) is 1.53. The van der Waals surface area contributed by atoms with Crippen molar-refractivity contribution in [3.63, 3.8) is 0 Å². The van der Waals surface area contributed by atoms with Crippen molar-refractivity contribution in [2.45, 2.75) is 44.9 Å². The molecule has 1 aliphatic rings. The van der Waals surface area contributed by atoms with Gasteiger partial charge in [-0.2, -0.15) is 0 Å². The predicted molar refractivity (Wildman–Crippen MR) is 64.4 cm³/mol. The van der Waals surface area contributed by atoms with Gasteiger partial charge in [-0.1, -0.05) is 18.3 Å². The largest absolute Gasteiger partial charge is 0.143 e. The topological polar surface area (TPSA) is 25.8 Å². The van der Waals surface area contributed by atoms with Gasteiger partial charge in [-0.3, -0.25) is 0 Å². The zero-order chi connectivity index (χ0) is 10.9. The zero-order valence-corrected chi connectivity index (χ0v) is 10.8. The van der Waals surface area contributed by atoms with E-state index in [1.165, 1.54) is 18.0 Å². The monoisotopic (exact) mass is 244 g/mol. The number of aromatic nitrogens is 2. The Hall–Kier alpha value is -0.150. The van der Waals surface area contributed by atoms with Crippen LogP contribution in [0.4, 0.5) is 0 Å². The van der Waals surface area contributed by atoms with Gasteiger partial charge in [0.2, 0.25) is 0 Å². The lowest BCUT2D eigenvalue weighted by Crippen LogP contribution is -2.33. The number of hydrogen-bond donors (Lipinski definition) is 0. The van der Waals surface area contributed by atoms with E-state index >= 15 is 0 Å². The van der Waals surface area contributed by atoms with Crippen LogP contribution in [0.25, 0.3) is 0 Å². The first-order chi connectivity index (χ1) is 7.08. The van der Waals surface area contributed by atoms with Gasteiger partial charge in [0.25, 0.3) is 0 Å². The fraction of sp³-hybridized carbons (Fsp3) is 0.818. The maximum Gasteiger partial charge on any atom is 0.0758 e. The van der Waals surface area contributed by atoms with Crippen molar-refractivity contribution in [1.29, 1.82) is 0 Å². The van der Waals surface area contributed by atoms with Crippen molar-refractivity contribution in [3.8, 4) is 0 Å². The summed E-state index contributed by atoms with van der Waals surface area (Å²) in [4.78, 5) is 0. The van der Waals surface area contributed by atoms with E-state index in [1.807, 2.05) is 5.38 Å². The molecule has 0 aliphatic heterocycles. The third kappa shape index (κ3) is 2.70. The summed E-state index contributed by atoms with van der Waals surface area (Å²) in [5.74, 6) is 0.651. The second kappa shape index (κ2) is 4.38. The molecule has 2 rings (SSSR count). The molecule has 0 saturated heterocycles. The summed E-state index contributed by atoms with van der Waals surface area (Å²) >= 11 is 7.68. The molecule has 2 atom stereocenters. The molecule has 0 bridgehead atoms. The van der Waals surface area contributed by atoms with E-state index in [4.69, 9.17) is 11.6 Å². The third-order valence-electron chi connectivity index (χ3n) is 3.61. The molecule has 1 fully saturated rings. The van der Waals surface area contributed by atoms with Gasteiger partial charge in [0.15, 0.2) is 0 Å². The van der Waals surface area contributed by atoms with E-state index in [2.05, 4.69) is 23.4 Å². The van der Waals surface area contributed by atoms with Crippen LogP contribution < -0.4 is 0 Å². The lowest BCUT2D eigenvalue weighted by molar-refractivity contribution is 0.139. The summed E-state index contributed by atoms with van der Waals surface area (Å²) in [6, 6.07) is 0. The Kier molecular flexibility index (Phi) is 3.31. The van der Waals surface area contributed by atoms with Gasteiger partial charge in [0.05, 0.1) is 5.69 Å². The van der Waals surface area contributed by atoms with Crippen LogP contribution in [0.3, 0.4) is 0 Å². The summed E-state index contributed by atoms with van der Waals surface area (Å²) in [5, 5.41) is 6.53. The van der Waals surface area contributed by atoms with Gasteiger partial charge in [-0.25, -0.2) is 0 Å². The molecule has 1 aromatic heterocycles. The van der Waals surface area contributed by atoms with Gasteiger partial charge in [-0.05, 0) is 48.5 Å². The van der Waals surface area contributed by atoms with Gasteiger partial charge < -0.3 is 0 Å². The molecule has 0 N–H and O–H groups in total. The van der Waals surface area contributed by atoms with Crippen LogP contribution in [0.5, 0.6) is 0 Å². The van der Waals surface area contributed by atoms with E-state index in [1.54, 1.807) is 0 Å². The van der Waals surface area contributed by atoms with Crippen molar-refractivity contribution in [2.24, 2.45) is 11.3 Å². The van der Waals surface area contributed by atoms with Crippen molar-refractivity contribution in [2.75, 3.05) is 0 Å². The minimum atomic E-state index is 0.356. The lowest BCUT2D eigenvalue weighted by atomic mass is 9.67. The minimum Gasteiger partial charge on any atom is -0.143 e. The molecule has 0 amide bonds. The normalized spacial score (nSPS) is 30.3. The summed E-state index contributed by atoms with van der Waals surface area (Å²) in [6.07, 6.45) is 4.53. The smallest absolute Gasteiger partial charge is 0.0758 e. The third-order valence-corrected chi connectivity index (χ3v) is 4.56. The summed E-state index contributed by atoms with van der Waals surface area (Å²) in [6.45, 7) is 4.69. The number of nitrogens with zero attached hydrogens (tertiary/aromatic N) is 2. The Labute approximate surface area is 100 Å². The van der Waals surface area contributed by atoms with Crippen LogP contribution >= 0.6 is 23.1 Å². The molecule has 0 aromatic carbocycles. The minimum absolute atomic E-state index is 0.356. The lowest BCUT2D eigenvalue weighted by Gasteiger charge is -2.40. The number of alkyl halides is 1. The Morgan fingerprint density at radius 2 is 2.40 bits per heavy atom. The van der Waals surface area contributed by atoms with Crippen LogP contribution in [-0.2, 0) is 6.42 Å². The van der Waals surface area contributed by atoms with Crippen LogP contribution in [0.1, 0.15) is 38.8 Å². The molecular formula is C11H17ClN2S. The number of hydrogen-bond acceptors (Lipinski definition) is 3. The first kappa shape index (κ1) is 11.3. The van der Waals surface area contributed by atoms with Gasteiger partial charge in [-0.15, -0.1) is 16.7 Å². The average Bonchev–Trinajstić information content (AvgIpc) is 2.65. The zero-order valence-electron chi connectivity index (χ0n) is 9.24. The summed E-state index contributed by atoms with van der Waals surface area (Å²) < 4.78 is 3.91. The van der Waals surface area contributed by atoms with Crippen LogP contribution in [0, 0.1) is 11.3 Å². The highest BCUT2D eigenvalue weighted by Crippen LogP contribution is 2.43. The van der Waals surface area contributed by atoms with E-state index in [0.717, 1.165) is 25.0 Å². The average molecular weight is 245 g/mol. The first-order valence-electron chi connectivity index (χ1n) is 5.48. The molecular weight excluding hydrogens is 228 g/mol. The first-order valence-corrected chi connectivity index (χ1v) is 6.75. The number of rotatable bonds is 2. The van der Waals surface area contributed by atoms with E-state index in [-0.39, 0.29) is 0 Å². The SMILES string of the molecule is CC1(C)CCC(Cl)CC1Cc1csnn1. The second-order valence-electron chi connectivity index (χ2n) is 5.16. The highest BCUT2D eigenvalue weighted by molar-refractivity contribution is 7.03. The highest BCUT2D eigenvalue weighted by atomic mass is 35.5. The molecule has 1 aliphatic carbocycles. The molecule has 1 saturated carbocycles. The molecule has 2 unspecified atom stereocenters. The molecule has 2 nitrogen and oxygen atoms in total. The molecule has 15 heavy (non-hydrogen) atoms. The second-order valence-corrected chi connectivity index (χ2v) is 6.38. The van der Waals surface area contributed by atoms with Crippen LogP contribution in [-0.4, -0.2) is 15.0 Å². The van der Waals surface area contributed by atoms with Gasteiger partial charge in [0.1, 0.15) is 0 Å². The molecule has 4 heteroatoms. The van der Waals surface area contributed by atoms with Crippen molar-refractivity contribution < 1.29 is 0 Å². The van der Waals surface area contributed by atoms with E-state index in [9.17, 15) is 0 Å². The van der Waals surface area contributed by atoms with E-state index < -0.39 is 0 Å². The molecule has 84 valence electrons. The van der Waals surface area contributed by atoms with Crippen molar-refractivity contribution in [3.05, 3.63) is 11.1 Å². The Morgan fingerprint density at radius 1 is 1.60 bits per heavy atom. The standard InChI is InChI=1S/C11H17ClN2S/c1-11(2)4-3-9(12)5-8(11)6-10-7-15-14-13-10/h7-9H,3-6H2,1-2H3. The van der Waals surface area contributed by atoms with Crippen LogP contribution in [0.15, 0.2) is 5.38 Å². The maximum absolute atomic E-state index is 6.25. The molecule has 1 heterocycles. The van der Waals surface area contributed by atoms with Gasteiger partial charge >= 0.3 is 0 Å². The van der Waals surface area contributed by atoms with E-state index in [0.29, 0.717) is 16.7 Å². The van der Waals surface area contributed by atoms with Crippen molar-refractivity contribution >= 4 is 23.1 Å². The fourth-order valence-electron chi connectivity index (χ4n) is 2.36. The van der Waals surface area contributed by atoms with Gasteiger partial charge in [0, 0.05) is 10.8 Å². The van der Waals surface area contributed by atoms with Crippen LogP contribution in [0.2, 0.25) is 0 Å². The molecule has 0 spiro atoms. The highest BCUT2D eigenvalue weighted by Gasteiger charge is 2.35. The summed E-state index contributed by atoms with van der Waals surface area (Å²) in [7, 11) is 0. The molecule has 0 radical (unpaired) electrons.